The monoisotopic (exact) mass is 256 g/mol. The van der Waals surface area contributed by atoms with Crippen molar-refractivity contribution in [1.82, 2.24) is 0 Å². The van der Waals surface area contributed by atoms with Gasteiger partial charge in [0.05, 0.1) is 13.2 Å². The first-order chi connectivity index (χ1) is 9.38. The van der Waals surface area contributed by atoms with Gasteiger partial charge in [-0.1, -0.05) is 43.2 Å². The molecule has 1 aliphatic rings. The maximum Gasteiger partial charge on any atom is 0.125 e. The van der Waals surface area contributed by atoms with Crippen LogP contribution in [0.25, 0.3) is 10.8 Å². The first kappa shape index (κ1) is 12.5. The third kappa shape index (κ3) is 2.59. The number of aliphatic hydroxyl groups excluding tert-OH is 1. The predicted molar refractivity (Wildman–Crippen MR) is 77.3 cm³/mol. The van der Waals surface area contributed by atoms with Crippen molar-refractivity contribution in [3.05, 3.63) is 42.0 Å². The van der Waals surface area contributed by atoms with Crippen LogP contribution in [0.5, 0.6) is 5.75 Å². The van der Waals surface area contributed by atoms with Gasteiger partial charge in [0.15, 0.2) is 0 Å². The Balaban J connectivity index is 1.85. The van der Waals surface area contributed by atoms with Crippen molar-refractivity contribution < 1.29 is 9.84 Å². The van der Waals surface area contributed by atoms with E-state index in [4.69, 9.17) is 4.74 Å². The van der Waals surface area contributed by atoms with Crippen molar-refractivity contribution in [2.75, 3.05) is 6.61 Å². The van der Waals surface area contributed by atoms with Crippen LogP contribution in [0, 0.1) is 5.92 Å². The van der Waals surface area contributed by atoms with Gasteiger partial charge in [-0.05, 0) is 35.6 Å². The van der Waals surface area contributed by atoms with Crippen LogP contribution in [-0.2, 0) is 6.61 Å². The third-order valence-corrected chi connectivity index (χ3v) is 4.11. The molecule has 1 saturated carbocycles. The summed E-state index contributed by atoms with van der Waals surface area (Å²) in [5.74, 6) is 1.53. The summed E-state index contributed by atoms with van der Waals surface area (Å²) in [4.78, 5) is 0. The second kappa shape index (κ2) is 5.62. The van der Waals surface area contributed by atoms with Gasteiger partial charge >= 0.3 is 0 Å². The molecule has 0 aromatic heterocycles. The van der Waals surface area contributed by atoms with Crippen molar-refractivity contribution in [2.45, 2.75) is 32.3 Å². The smallest absolute Gasteiger partial charge is 0.125 e. The largest absolute Gasteiger partial charge is 0.493 e. The van der Waals surface area contributed by atoms with Crippen LogP contribution in [0.15, 0.2) is 36.4 Å². The molecule has 3 rings (SSSR count). The van der Waals surface area contributed by atoms with Crippen molar-refractivity contribution in [3.8, 4) is 5.75 Å². The van der Waals surface area contributed by atoms with Crippen LogP contribution in [0.2, 0.25) is 0 Å². The molecule has 0 bridgehead atoms. The van der Waals surface area contributed by atoms with E-state index in [0.717, 1.165) is 28.7 Å². The lowest BCUT2D eigenvalue weighted by Gasteiger charge is -2.15. The highest BCUT2D eigenvalue weighted by Crippen LogP contribution is 2.30. The average molecular weight is 256 g/mol. The van der Waals surface area contributed by atoms with E-state index in [1.165, 1.54) is 25.7 Å². The highest BCUT2D eigenvalue weighted by molar-refractivity contribution is 5.87. The normalized spacial score (nSPS) is 16.1. The van der Waals surface area contributed by atoms with E-state index >= 15 is 0 Å². The summed E-state index contributed by atoms with van der Waals surface area (Å²) < 4.78 is 5.96. The van der Waals surface area contributed by atoms with E-state index in [9.17, 15) is 5.11 Å². The zero-order valence-corrected chi connectivity index (χ0v) is 11.1. The number of hydrogen-bond acceptors (Lipinski definition) is 2. The van der Waals surface area contributed by atoms with Gasteiger partial charge in [-0.15, -0.1) is 0 Å². The lowest BCUT2D eigenvalue weighted by Crippen LogP contribution is -2.09. The number of fused-ring (bicyclic) bond motifs is 1. The van der Waals surface area contributed by atoms with Crippen LogP contribution < -0.4 is 4.74 Å². The van der Waals surface area contributed by atoms with Crippen molar-refractivity contribution in [3.63, 3.8) is 0 Å². The minimum atomic E-state index is 0.0291. The van der Waals surface area contributed by atoms with Gasteiger partial charge < -0.3 is 9.84 Å². The fourth-order valence-electron chi connectivity index (χ4n) is 3.00. The zero-order valence-electron chi connectivity index (χ0n) is 11.1. The predicted octanol–water partition coefficient (Wildman–Crippen LogP) is 3.90. The topological polar surface area (TPSA) is 29.5 Å². The average Bonchev–Trinajstić information content (AvgIpc) is 2.97. The van der Waals surface area contributed by atoms with Gasteiger partial charge in [-0.25, -0.2) is 0 Å². The molecule has 1 fully saturated rings. The lowest BCUT2D eigenvalue weighted by atomic mass is 10.0. The Morgan fingerprint density at radius 3 is 2.63 bits per heavy atom. The molecule has 2 aromatic rings. The Labute approximate surface area is 114 Å². The summed E-state index contributed by atoms with van der Waals surface area (Å²) in [6.45, 7) is 0.812. The molecule has 0 aliphatic heterocycles. The van der Waals surface area contributed by atoms with Gasteiger partial charge in [0.25, 0.3) is 0 Å². The highest BCUT2D eigenvalue weighted by atomic mass is 16.5. The second-order valence-corrected chi connectivity index (χ2v) is 5.38. The van der Waals surface area contributed by atoms with E-state index in [-0.39, 0.29) is 6.61 Å². The SMILES string of the molecule is OCc1c(OCC2CCCC2)ccc2ccccc12. The summed E-state index contributed by atoms with van der Waals surface area (Å²) in [6.07, 6.45) is 5.22. The summed E-state index contributed by atoms with van der Waals surface area (Å²) in [6, 6.07) is 12.2. The standard InChI is InChI=1S/C17H20O2/c18-11-16-15-8-4-3-7-14(15)9-10-17(16)19-12-13-5-1-2-6-13/h3-4,7-10,13,18H,1-2,5-6,11-12H2. The Morgan fingerprint density at radius 1 is 1.05 bits per heavy atom. The molecule has 0 spiro atoms. The summed E-state index contributed by atoms with van der Waals surface area (Å²) in [5.41, 5.74) is 0.913. The molecule has 2 aromatic carbocycles. The summed E-state index contributed by atoms with van der Waals surface area (Å²) in [7, 11) is 0. The minimum Gasteiger partial charge on any atom is -0.493 e. The van der Waals surface area contributed by atoms with E-state index in [1.54, 1.807) is 0 Å². The molecule has 0 saturated heterocycles. The molecule has 0 heterocycles. The van der Waals surface area contributed by atoms with Crippen molar-refractivity contribution in [1.29, 1.82) is 0 Å². The molecule has 0 unspecified atom stereocenters. The van der Waals surface area contributed by atoms with Crippen LogP contribution in [0.1, 0.15) is 31.2 Å². The highest BCUT2D eigenvalue weighted by Gasteiger charge is 2.16. The summed E-state index contributed by atoms with van der Waals surface area (Å²) >= 11 is 0. The van der Waals surface area contributed by atoms with Gasteiger partial charge in [-0.3, -0.25) is 0 Å². The number of ether oxygens (including phenoxy) is 1. The number of rotatable bonds is 4. The Morgan fingerprint density at radius 2 is 1.84 bits per heavy atom. The molecule has 1 aliphatic carbocycles. The lowest BCUT2D eigenvalue weighted by molar-refractivity contribution is 0.235. The third-order valence-electron chi connectivity index (χ3n) is 4.11. The molecule has 2 nitrogen and oxygen atoms in total. The molecule has 2 heteroatoms. The summed E-state index contributed by atoms with van der Waals surface area (Å²) in [5, 5.41) is 11.9. The number of hydrogen-bond donors (Lipinski definition) is 1. The van der Waals surface area contributed by atoms with Crippen LogP contribution >= 0.6 is 0 Å². The van der Waals surface area contributed by atoms with Crippen molar-refractivity contribution >= 4 is 10.8 Å². The first-order valence-corrected chi connectivity index (χ1v) is 7.13. The maximum atomic E-state index is 9.63. The molecule has 19 heavy (non-hydrogen) atoms. The molecule has 0 radical (unpaired) electrons. The molecule has 100 valence electrons. The van der Waals surface area contributed by atoms with E-state index in [1.807, 2.05) is 24.3 Å². The van der Waals surface area contributed by atoms with Gasteiger partial charge in [0.2, 0.25) is 0 Å². The van der Waals surface area contributed by atoms with Crippen LogP contribution in [0.4, 0.5) is 0 Å². The van der Waals surface area contributed by atoms with E-state index in [2.05, 4.69) is 12.1 Å². The van der Waals surface area contributed by atoms with Crippen LogP contribution in [-0.4, -0.2) is 11.7 Å². The maximum absolute atomic E-state index is 9.63. The quantitative estimate of drug-likeness (QED) is 0.899. The van der Waals surface area contributed by atoms with Gasteiger partial charge in [0.1, 0.15) is 5.75 Å². The minimum absolute atomic E-state index is 0.0291. The molecular formula is C17H20O2. The molecular weight excluding hydrogens is 236 g/mol. The van der Waals surface area contributed by atoms with Gasteiger partial charge in [-0.2, -0.15) is 0 Å². The zero-order chi connectivity index (χ0) is 13.1. The van der Waals surface area contributed by atoms with Gasteiger partial charge in [0, 0.05) is 5.56 Å². The van der Waals surface area contributed by atoms with Crippen LogP contribution in [0.3, 0.4) is 0 Å². The number of aliphatic hydroxyl groups is 1. The number of benzene rings is 2. The fraction of sp³-hybridized carbons (Fsp3) is 0.412. The second-order valence-electron chi connectivity index (χ2n) is 5.38. The first-order valence-electron chi connectivity index (χ1n) is 7.13. The van der Waals surface area contributed by atoms with E-state index < -0.39 is 0 Å². The fourth-order valence-corrected chi connectivity index (χ4v) is 3.00. The van der Waals surface area contributed by atoms with E-state index in [0.29, 0.717) is 5.92 Å². The van der Waals surface area contributed by atoms with Crippen molar-refractivity contribution in [2.24, 2.45) is 5.92 Å². The Bertz CT molecular complexity index is 556. The Hall–Kier alpha value is -1.54. The Kier molecular flexibility index (Phi) is 3.69. The molecule has 0 amide bonds. The molecule has 0 atom stereocenters. The molecule has 1 N–H and O–H groups in total.